The first-order valence-electron chi connectivity index (χ1n) is 5.90. The van der Waals surface area contributed by atoms with E-state index in [1.54, 1.807) is 0 Å². The Kier molecular flexibility index (Phi) is 4.24. The molecule has 1 heteroatoms. The first kappa shape index (κ1) is 11.0. The molecule has 1 nitrogen and oxygen atoms in total. The normalized spacial score (nSPS) is 23.3. The van der Waals surface area contributed by atoms with Gasteiger partial charge in [0.25, 0.3) is 0 Å². The van der Waals surface area contributed by atoms with Crippen molar-refractivity contribution in [2.24, 2.45) is 5.41 Å². The lowest BCUT2D eigenvalue weighted by Gasteiger charge is -2.34. The van der Waals surface area contributed by atoms with E-state index in [0.717, 1.165) is 6.04 Å². The molecule has 0 saturated heterocycles. The van der Waals surface area contributed by atoms with Gasteiger partial charge in [0.05, 0.1) is 0 Å². The fourth-order valence-corrected chi connectivity index (χ4v) is 2.78. The maximum Gasteiger partial charge on any atom is 0.0118 e. The van der Waals surface area contributed by atoms with E-state index in [1.165, 1.54) is 44.9 Å². The molecular weight excluding hydrogens is 158 g/mol. The van der Waals surface area contributed by atoms with Crippen molar-refractivity contribution in [1.82, 2.24) is 5.32 Å². The summed E-state index contributed by atoms with van der Waals surface area (Å²) in [4.78, 5) is 0. The molecule has 0 aliphatic heterocycles. The maximum atomic E-state index is 3.52. The number of rotatable bonds is 5. The highest BCUT2D eigenvalue weighted by atomic mass is 14.9. The van der Waals surface area contributed by atoms with Gasteiger partial charge in [-0.05, 0) is 31.7 Å². The van der Waals surface area contributed by atoms with Crippen LogP contribution in [0.4, 0.5) is 0 Å². The Hall–Kier alpha value is -0.0400. The molecular formula is C12H25N. The van der Waals surface area contributed by atoms with E-state index in [4.69, 9.17) is 0 Å². The minimum Gasteiger partial charge on any atom is -0.316 e. The number of hydrogen-bond acceptors (Lipinski definition) is 1. The standard InChI is InChI=1S/C12H25N/c1-4-5-8-11(13-3)12(2)9-6-7-10-12/h11,13H,4-10H2,1-3H3. The highest BCUT2D eigenvalue weighted by molar-refractivity contribution is 4.90. The third-order valence-electron chi connectivity index (χ3n) is 3.78. The van der Waals surface area contributed by atoms with E-state index in [-0.39, 0.29) is 0 Å². The molecule has 1 rings (SSSR count). The van der Waals surface area contributed by atoms with Crippen LogP contribution in [-0.2, 0) is 0 Å². The lowest BCUT2D eigenvalue weighted by atomic mass is 9.78. The molecule has 13 heavy (non-hydrogen) atoms. The Bertz CT molecular complexity index is 136. The molecule has 0 spiro atoms. The van der Waals surface area contributed by atoms with E-state index in [0.29, 0.717) is 5.41 Å². The summed E-state index contributed by atoms with van der Waals surface area (Å²) in [5.74, 6) is 0. The molecule has 1 aliphatic carbocycles. The summed E-state index contributed by atoms with van der Waals surface area (Å²) in [7, 11) is 2.13. The SMILES string of the molecule is CCCCC(NC)C1(C)CCCC1. The molecule has 0 amide bonds. The monoisotopic (exact) mass is 183 g/mol. The van der Waals surface area contributed by atoms with Crippen LogP contribution in [0.2, 0.25) is 0 Å². The van der Waals surface area contributed by atoms with Crippen molar-refractivity contribution in [2.45, 2.75) is 64.8 Å². The second kappa shape index (κ2) is 4.99. The smallest absolute Gasteiger partial charge is 0.0118 e. The van der Waals surface area contributed by atoms with Crippen molar-refractivity contribution in [1.29, 1.82) is 0 Å². The first-order valence-corrected chi connectivity index (χ1v) is 5.90. The lowest BCUT2D eigenvalue weighted by Crippen LogP contribution is -2.40. The predicted octanol–water partition coefficient (Wildman–Crippen LogP) is 3.34. The first-order chi connectivity index (χ1) is 6.23. The zero-order valence-corrected chi connectivity index (χ0v) is 9.53. The van der Waals surface area contributed by atoms with E-state index in [2.05, 4.69) is 26.2 Å². The molecule has 0 aromatic heterocycles. The number of unbranched alkanes of at least 4 members (excludes halogenated alkanes) is 1. The Morgan fingerprint density at radius 1 is 1.31 bits per heavy atom. The Morgan fingerprint density at radius 3 is 2.38 bits per heavy atom. The van der Waals surface area contributed by atoms with E-state index < -0.39 is 0 Å². The quantitative estimate of drug-likeness (QED) is 0.689. The summed E-state index contributed by atoms with van der Waals surface area (Å²) in [6, 6.07) is 0.759. The van der Waals surface area contributed by atoms with Gasteiger partial charge in [-0.3, -0.25) is 0 Å². The topological polar surface area (TPSA) is 12.0 Å². The van der Waals surface area contributed by atoms with Crippen LogP contribution in [0.5, 0.6) is 0 Å². The molecule has 0 aromatic rings. The van der Waals surface area contributed by atoms with Gasteiger partial charge in [0, 0.05) is 6.04 Å². The van der Waals surface area contributed by atoms with Gasteiger partial charge in [-0.25, -0.2) is 0 Å². The van der Waals surface area contributed by atoms with Crippen LogP contribution in [0.15, 0.2) is 0 Å². The Labute approximate surface area is 83.3 Å². The van der Waals surface area contributed by atoms with Crippen molar-refractivity contribution < 1.29 is 0 Å². The lowest BCUT2D eigenvalue weighted by molar-refractivity contribution is 0.216. The predicted molar refractivity (Wildman–Crippen MR) is 58.9 cm³/mol. The van der Waals surface area contributed by atoms with E-state index in [1.807, 2.05) is 0 Å². The summed E-state index contributed by atoms with van der Waals surface area (Å²) in [6.45, 7) is 4.75. The Balaban J connectivity index is 2.43. The van der Waals surface area contributed by atoms with Crippen molar-refractivity contribution in [3.8, 4) is 0 Å². The van der Waals surface area contributed by atoms with Gasteiger partial charge in [0.15, 0.2) is 0 Å². The minimum absolute atomic E-state index is 0.601. The van der Waals surface area contributed by atoms with Crippen LogP contribution in [-0.4, -0.2) is 13.1 Å². The van der Waals surface area contributed by atoms with Crippen LogP contribution >= 0.6 is 0 Å². The maximum absolute atomic E-state index is 3.52. The van der Waals surface area contributed by atoms with Gasteiger partial charge >= 0.3 is 0 Å². The molecule has 0 aromatic carbocycles. The fourth-order valence-electron chi connectivity index (χ4n) is 2.78. The molecule has 1 saturated carbocycles. The van der Waals surface area contributed by atoms with Crippen molar-refractivity contribution >= 4 is 0 Å². The molecule has 78 valence electrons. The summed E-state index contributed by atoms with van der Waals surface area (Å²) in [5.41, 5.74) is 0.601. The van der Waals surface area contributed by atoms with Crippen LogP contribution in [0.3, 0.4) is 0 Å². The van der Waals surface area contributed by atoms with Crippen LogP contribution < -0.4 is 5.32 Å². The van der Waals surface area contributed by atoms with Crippen LogP contribution in [0.25, 0.3) is 0 Å². The van der Waals surface area contributed by atoms with Crippen LogP contribution in [0.1, 0.15) is 58.8 Å². The largest absolute Gasteiger partial charge is 0.316 e. The minimum atomic E-state index is 0.601. The number of nitrogens with one attached hydrogen (secondary N) is 1. The van der Waals surface area contributed by atoms with E-state index in [9.17, 15) is 0 Å². The molecule has 1 aliphatic rings. The third kappa shape index (κ3) is 2.70. The van der Waals surface area contributed by atoms with Gasteiger partial charge < -0.3 is 5.32 Å². The average molecular weight is 183 g/mol. The summed E-state index contributed by atoms with van der Waals surface area (Å²) in [5, 5.41) is 3.52. The van der Waals surface area contributed by atoms with Crippen LogP contribution in [0, 0.1) is 5.41 Å². The summed E-state index contributed by atoms with van der Waals surface area (Å²) < 4.78 is 0. The zero-order chi connectivity index (χ0) is 9.73. The van der Waals surface area contributed by atoms with Crippen molar-refractivity contribution in [2.75, 3.05) is 7.05 Å². The van der Waals surface area contributed by atoms with Crippen molar-refractivity contribution in [3.05, 3.63) is 0 Å². The molecule has 1 unspecified atom stereocenters. The molecule has 1 fully saturated rings. The number of hydrogen-bond donors (Lipinski definition) is 1. The van der Waals surface area contributed by atoms with E-state index >= 15 is 0 Å². The highest BCUT2D eigenvalue weighted by Gasteiger charge is 2.35. The fraction of sp³-hybridized carbons (Fsp3) is 1.00. The third-order valence-corrected chi connectivity index (χ3v) is 3.78. The molecule has 0 radical (unpaired) electrons. The second-order valence-corrected chi connectivity index (χ2v) is 4.84. The van der Waals surface area contributed by atoms with Gasteiger partial charge in [-0.15, -0.1) is 0 Å². The van der Waals surface area contributed by atoms with Gasteiger partial charge in [0.1, 0.15) is 0 Å². The zero-order valence-electron chi connectivity index (χ0n) is 9.53. The van der Waals surface area contributed by atoms with Gasteiger partial charge in [-0.2, -0.15) is 0 Å². The molecule has 1 atom stereocenters. The van der Waals surface area contributed by atoms with Crippen molar-refractivity contribution in [3.63, 3.8) is 0 Å². The second-order valence-electron chi connectivity index (χ2n) is 4.84. The van der Waals surface area contributed by atoms with Gasteiger partial charge in [-0.1, -0.05) is 39.5 Å². The molecule has 0 bridgehead atoms. The average Bonchev–Trinajstić information content (AvgIpc) is 2.54. The molecule has 0 heterocycles. The highest BCUT2D eigenvalue weighted by Crippen LogP contribution is 2.41. The van der Waals surface area contributed by atoms with Gasteiger partial charge in [0.2, 0.25) is 0 Å². The molecule has 1 N–H and O–H groups in total. The summed E-state index contributed by atoms with van der Waals surface area (Å²) >= 11 is 0. The summed E-state index contributed by atoms with van der Waals surface area (Å²) in [6.07, 6.45) is 9.82. The Morgan fingerprint density at radius 2 is 1.92 bits per heavy atom.